The van der Waals surface area contributed by atoms with Crippen LogP contribution in [0.3, 0.4) is 0 Å². The van der Waals surface area contributed by atoms with E-state index in [2.05, 4.69) is 0 Å². The molecule has 0 spiro atoms. The van der Waals surface area contributed by atoms with Crippen LogP contribution in [0.2, 0.25) is 0 Å². The molecule has 1 aromatic carbocycles. The van der Waals surface area contributed by atoms with Gasteiger partial charge in [-0.15, -0.1) is 0 Å². The number of fused-ring (bicyclic) bond motifs is 1. The van der Waals surface area contributed by atoms with Crippen molar-refractivity contribution in [3.8, 4) is 0 Å². The zero-order chi connectivity index (χ0) is 13.3. The van der Waals surface area contributed by atoms with Crippen LogP contribution in [-0.4, -0.2) is 26.2 Å². The standard InChI is InChI=1S/C14H14O4/c1-8-4-5-10-9(6-8)7-11(13(15)17-2)12(10)14(16)18-3/h4-7,12H,1-3H3. The maximum Gasteiger partial charge on any atom is 0.334 e. The predicted octanol–water partition coefficient (Wildman–Crippen LogP) is 1.82. The third kappa shape index (κ3) is 1.90. The number of rotatable bonds is 2. The molecule has 0 heterocycles. The summed E-state index contributed by atoms with van der Waals surface area (Å²) in [7, 11) is 2.61. The Morgan fingerprint density at radius 1 is 1.17 bits per heavy atom. The first kappa shape index (κ1) is 12.4. The fraction of sp³-hybridized carbons (Fsp3) is 0.286. The Labute approximate surface area is 105 Å². The molecule has 1 unspecified atom stereocenters. The molecule has 94 valence electrons. The van der Waals surface area contributed by atoms with Gasteiger partial charge < -0.3 is 9.47 Å². The van der Waals surface area contributed by atoms with Crippen LogP contribution < -0.4 is 0 Å². The number of esters is 2. The second-order valence-electron chi connectivity index (χ2n) is 4.18. The van der Waals surface area contributed by atoms with Gasteiger partial charge in [0.15, 0.2) is 0 Å². The number of aryl methyl sites for hydroxylation is 1. The molecule has 1 aliphatic carbocycles. The SMILES string of the molecule is COC(=O)C1=Cc2cc(C)ccc2C1C(=O)OC. The van der Waals surface area contributed by atoms with Crippen LogP contribution in [0.5, 0.6) is 0 Å². The summed E-state index contributed by atoms with van der Waals surface area (Å²) in [4.78, 5) is 23.5. The minimum Gasteiger partial charge on any atom is -0.468 e. The number of carbonyl (C=O) groups excluding carboxylic acids is 2. The Morgan fingerprint density at radius 2 is 1.89 bits per heavy atom. The van der Waals surface area contributed by atoms with E-state index in [4.69, 9.17) is 9.47 Å². The largest absolute Gasteiger partial charge is 0.468 e. The van der Waals surface area contributed by atoms with E-state index in [0.29, 0.717) is 5.57 Å². The average molecular weight is 246 g/mol. The lowest BCUT2D eigenvalue weighted by atomic mass is 9.95. The number of carbonyl (C=O) groups is 2. The second-order valence-corrected chi connectivity index (χ2v) is 4.18. The lowest BCUT2D eigenvalue weighted by Gasteiger charge is -2.13. The van der Waals surface area contributed by atoms with Gasteiger partial charge in [0.1, 0.15) is 5.92 Å². The van der Waals surface area contributed by atoms with E-state index in [9.17, 15) is 9.59 Å². The summed E-state index contributed by atoms with van der Waals surface area (Å²) >= 11 is 0. The van der Waals surface area contributed by atoms with Crippen LogP contribution in [0.1, 0.15) is 22.6 Å². The van der Waals surface area contributed by atoms with Crippen LogP contribution >= 0.6 is 0 Å². The van der Waals surface area contributed by atoms with Crippen LogP contribution in [0.4, 0.5) is 0 Å². The molecule has 4 nitrogen and oxygen atoms in total. The Hall–Kier alpha value is -2.10. The molecule has 0 radical (unpaired) electrons. The van der Waals surface area contributed by atoms with Crippen molar-refractivity contribution in [2.45, 2.75) is 12.8 Å². The van der Waals surface area contributed by atoms with Gasteiger partial charge in [-0.05, 0) is 24.1 Å². The highest BCUT2D eigenvalue weighted by atomic mass is 16.5. The molecule has 0 bridgehead atoms. The van der Waals surface area contributed by atoms with Crippen molar-refractivity contribution >= 4 is 18.0 Å². The first-order chi connectivity index (χ1) is 8.58. The van der Waals surface area contributed by atoms with E-state index in [1.165, 1.54) is 14.2 Å². The fourth-order valence-electron chi connectivity index (χ4n) is 2.17. The topological polar surface area (TPSA) is 52.6 Å². The molecule has 0 saturated carbocycles. The van der Waals surface area contributed by atoms with E-state index in [1.807, 2.05) is 25.1 Å². The molecule has 0 amide bonds. The normalized spacial score (nSPS) is 16.8. The highest BCUT2D eigenvalue weighted by Gasteiger charge is 2.36. The summed E-state index contributed by atoms with van der Waals surface area (Å²) in [6, 6.07) is 5.68. The Kier molecular flexibility index (Phi) is 3.19. The molecule has 1 atom stereocenters. The fourth-order valence-corrected chi connectivity index (χ4v) is 2.17. The van der Waals surface area contributed by atoms with E-state index < -0.39 is 17.9 Å². The van der Waals surface area contributed by atoms with Gasteiger partial charge >= 0.3 is 11.9 Å². The molecule has 1 aliphatic rings. The molecule has 0 N–H and O–H groups in total. The summed E-state index contributed by atoms with van der Waals surface area (Å²) in [6.07, 6.45) is 1.69. The van der Waals surface area contributed by atoms with Crippen molar-refractivity contribution in [3.63, 3.8) is 0 Å². The first-order valence-electron chi connectivity index (χ1n) is 5.56. The van der Waals surface area contributed by atoms with Gasteiger partial charge in [-0.3, -0.25) is 4.79 Å². The van der Waals surface area contributed by atoms with Crippen molar-refractivity contribution in [1.29, 1.82) is 0 Å². The van der Waals surface area contributed by atoms with Crippen LogP contribution in [0.15, 0.2) is 23.8 Å². The van der Waals surface area contributed by atoms with E-state index in [-0.39, 0.29) is 0 Å². The first-order valence-corrected chi connectivity index (χ1v) is 5.56. The molecule has 0 aliphatic heterocycles. The van der Waals surface area contributed by atoms with Gasteiger partial charge in [0.25, 0.3) is 0 Å². The Balaban J connectivity index is 2.52. The van der Waals surface area contributed by atoms with Crippen LogP contribution in [0.25, 0.3) is 6.08 Å². The summed E-state index contributed by atoms with van der Waals surface area (Å²) < 4.78 is 9.46. The summed E-state index contributed by atoms with van der Waals surface area (Å²) in [5.74, 6) is -1.63. The summed E-state index contributed by atoms with van der Waals surface area (Å²) in [5.41, 5.74) is 3.04. The van der Waals surface area contributed by atoms with Crippen molar-refractivity contribution in [3.05, 3.63) is 40.5 Å². The molecule has 18 heavy (non-hydrogen) atoms. The molecule has 0 aromatic heterocycles. The predicted molar refractivity (Wildman–Crippen MR) is 65.9 cm³/mol. The van der Waals surface area contributed by atoms with E-state index >= 15 is 0 Å². The van der Waals surface area contributed by atoms with Crippen molar-refractivity contribution in [1.82, 2.24) is 0 Å². The summed E-state index contributed by atoms with van der Waals surface area (Å²) in [5, 5.41) is 0. The third-order valence-corrected chi connectivity index (χ3v) is 3.03. The van der Waals surface area contributed by atoms with Gasteiger partial charge in [0.05, 0.1) is 19.8 Å². The number of benzene rings is 1. The van der Waals surface area contributed by atoms with Crippen LogP contribution in [-0.2, 0) is 19.1 Å². The Bertz CT molecular complexity index is 543. The van der Waals surface area contributed by atoms with Gasteiger partial charge in [-0.25, -0.2) is 4.79 Å². The quantitative estimate of drug-likeness (QED) is 0.747. The van der Waals surface area contributed by atoms with Crippen molar-refractivity contribution < 1.29 is 19.1 Å². The van der Waals surface area contributed by atoms with E-state index in [1.54, 1.807) is 6.08 Å². The molecule has 2 rings (SSSR count). The molecular weight excluding hydrogens is 232 g/mol. The number of ether oxygens (including phenoxy) is 2. The minimum atomic E-state index is -0.682. The zero-order valence-corrected chi connectivity index (χ0v) is 10.5. The van der Waals surface area contributed by atoms with Gasteiger partial charge in [-0.2, -0.15) is 0 Å². The van der Waals surface area contributed by atoms with Crippen LogP contribution in [0, 0.1) is 6.92 Å². The van der Waals surface area contributed by atoms with E-state index in [0.717, 1.165) is 16.7 Å². The van der Waals surface area contributed by atoms with Gasteiger partial charge in [0, 0.05) is 0 Å². The molecule has 0 fully saturated rings. The zero-order valence-electron chi connectivity index (χ0n) is 10.5. The summed E-state index contributed by atoms with van der Waals surface area (Å²) in [6.45, 7) is 1.96. The third-order valence-electron chi connectivity index (χ3n) is 3.03. The molecular formula is C14H14O4. The lowest BCUT2D eigenvalue weighted by molar-refractivity contribution is -0.144. The number of hydrogen-bond acceptors (Lipinski definition) is 4. The highest BCUT2D eigenvalue weighted by molar-refractivity contribution is 6.05. The van der Waals surface area contributed by atoms with Gasteiger partial charge in [0.2, 0.25) is 0 Å². The number of methoxy groups -OCH3 is 2. The average Bonchev–Trinajstić information content (AvgIpc) is 2.75. The second kappa shape index (κ2) is 4.64. The maximum absolute atomic E-state index is 11.8. The smallest absolute Gasteiger partial charge is 0.334 e. The minimum absolute atomic E-state index is 0.324. The molecule has 0 saturated heterocycles. The Morgan fingerprint density at radius 3 is 2.50 bits per heavy atom. The van der Waals surface area contributed by atoms with Crippen molar-refractivity contribution in [2.24, 2.45) is 0 Å². The van der Waals surface area contributed by atoms with Crippen molar-refractivity contribution in [2.75, 3.05) is 14.2 Å². The lowest BCUT2D eigenvalue weighted by Crippen LogP contribution is -2.19. The number of hydrogen-bond donors (Lipinski definition) is 0. The maximum atomic E-state index is 11.8. The monoisotopic (exact) mass is 246 g/mol. The van der Waals surface area contributed by atoms with Gasteiger partial charge in [-0.1, -0.05) is 23.8 Å². The molecule has 4 heteroatoms. The molecule has 1 aromatic rings. The highest BCUT2D eigenvalue weighted by Crippen LogP contribution is 2.38.